The van der Waals surface area contributed by atoms with Crippen LogP contribution in [0.5, 0.6) is 0 Å². The number of carbonyl (C=O) groups is 3. The third kappa shape index (κ3) is 5.07. The number of ether oxygens (including phenoxy) is 2. The van der Waals surface area contributed by atoms with Crippen LogP contribution in [0.1, 0.15) is 37.8 Å². The van der Waals surface area contributed by atoms with Crippen LogP contribution >= 0.6 is 0 Å². The molecule has 1 atom stereocenters. The number of nitrogens with zero attached hydrogens (tertiary/aromatic N) is 1. The molecule has 1 fully saturated rings. The summed E-state index contributed by atoms with van der Waals surface area (Å²) in [5.41, 5.74) is 3.94. The van der Waals surface area contributed by atoms with Crippen LogP contribution < -0.4 is 5.32 Å². The molecule has 0 unspecified atom stereocenters. The van der Waals surface area contributed by atoms with Crippen molar-refractivity contribution >= 4 is 18.0 Å². The number of benzene rings is 2. The zero-order chi connectivity index (χ0) is 24.5. The van der Waals surface area contributed by atoms with Crippen LogP contribution in [0.3, 0.4) is 0 Å². The zero-order valence-corrected chi connectivity index (χ0v) is 19.6. The summed E-state index contributed by atoms with van der Waals surface area (Å²) in [5.74, 6) is -1.99. The molecule has 34 heavy (non-hydrogen) atoms. The van der Waals surface area contributed by atoms with Crippen molar-refractivity contribution in [1.82, 2.24) is 10.2 Å². The fourth-order valence-corrected chi connectivity index (χ4v) is 4.33. The summed E-state index contributed by atoms with van der Waals surface area (Å²) in [6, 6.07) is 15.1. The summed E-state index contributed by atoms with van der Waals surface area (Å²) in [6.07, 6.45) is -0.715. The van der Waals surface area contributed by atoms with Crippen molar-refractivity contribution < 1.29 is 29.0 Å². The van der Waals surface area contributed by atoms with Crippen LogP contribution in [-0.4, -0.2) is 65.9 Å². The van der Waals surface area contributed by atoms with Crippen LogP contribution in [0.15, 0.2) is 48.5 Å². The normalized spacial score (nSPS) is 16.3. The van der Waals surface area contributed by atoms with Gasteiger partial charge in [0.2, 0.25) is 5.91 Å². The molecule has 8 heteroatoms. The van der Waals surface area contributed by atoms with Gasteiger partial charge in [-0.3, -0.25) is 9.59 Å². The Morgan fingerprint density at radius 2 is 1.59 bits per heavy atom. The van der Waals surface area contributed by atoms with E-state index < -0.39 is 29.6 Å². The summed E-state index contributed by atoms with van der Waals surface area (Å²) >= 11 is 0. The van der Waals surface area contributed by atoms with E-state index in [0.29, 0.717) is 0 Å². The lowest BCUT2D eigenvalue weighted by Crippen LogP contribution is -2.60. The number of aliphatic carboxylic acids is 1. The highest BCUT2D eigenvalue weighted by atomic mass is 16.5. The Balaban J connectivity index is 1.41. The van der Waals surface area contributed by atoms with Crippen molar-refractivity contribution in [2.24, 2.45) is 5.92 Å². The molecule has 2 amide bonds. The number of carbonyl (C=O) groups excluding carboxylic acids is 2. The molecule has 180 valence electrons. The Morgan fingerprint density at radius 1 is 1.03 bits per heavy atom. The summed E-state index contributed by atoms with van der Waals surface area (Å²) < 4.78 is 11.3. The molecule has 8 nitrogen and oxygen atoms in total. The van der Waals surface area contributed by atoms with Crippen LogP contribution in [-0.2, 0) is 19.1 Å². The minimum absolute atomic E-state index is 0.0409. The second kappa shape index (κ2) is 9.46. The van der Waals surface area contributed by atoms with Gasteiger partial charge in [0.15, 0.2) is 0 Å². The highest BCUT2D eigenvalue weighted by Crippen LogP contribution is 2.44. The standard InChI is InChI=1S/C26H30N2O6/c1-26(2,3)34-15-22(23(29)28-12-16(13-28)24(30)31)27-25(32)33-14-21-19-10-6-4-8-17(19)18-9-5-7-11-20(18)21/h4-11,16,21-22H,12-15H2,1-3H3,(H,27,32)(H,30,31)/t22-/m0/s1. The monoisotopic (exact) mass is 466 g/mol. The van der Waals surface area contributed by atoms with Crippen molar-refractivity contribution in [2.45, 2.75) is 38.3 Å². The van der Waals surface area contributed by atoms with Crippen LogP contribution in [0.2, 0.25) is 0 Å². The predicted octanol–water partition coefficient (Wildman–Crippen LogP) is 3.25. The van der Waals surface area contributed by atoms with Gasteiger partial charge in [0, 0.05) is 19.0 Å². The van der Waals surface area contributed by atoms with E-state index in [2.05, 4.69) is 17.4 Å². The molecule has 1 aliphatic carbocycles. The van der Waals surface area contributed by atoms with Crippen molar-refractivity contribution in [1.29, 1.82) is 0 Å². The average Bonchev–Trinajstić information content (AvgIpc) is 3.07. The molecular formula is C26H30N2O6. The Labute approximate surface area is 198 Å². The minimum atomic E-state index is -0.968. The summed E-state index contributed by atoms with van der Waals surface area (Å²) in [4.78, 5) is 38.1. The van der Waals surface area contributed by atoms with E-state index >= 15 is 0 Å². The number of carboxylic acids is 1. The number of likely N-dealkylation sites (tertiary alicyclic amines) is 1. The van der Waals surface area contributed by atoms with E-state index in [1.807, 2.05) is 57.2 Å². The highest BCUT2D eigenvalue weighted by molar-refractivity contribution is 5.88. The molecule has 0 spiro atoms. The van der Waals surface area contributed by atoms with Gasteiger partial charge in [-0.05, 0) is 43.0 Å². The van der Waals surface area contributed by atoms with E-state index in [4.69, 9.17) is 14.6 Å². The molecular weight excluding hydrogens is 436 g/mol. The Kier molecular flexibility index (Phi) is 6.61. The van der Waals surface area contributed by atoms with Crippen molar-refractivity contribution in [3.63, 3.8) is 0 Å². The maximum absolute atomic E-state index is 12.9. The van der Waals surface area contributed by atoms with Gasteiger partial charge in [-0.2, -0.15) is 0 Å². The largest absolute Gasteiger partial charge is 0.481 e. The lowest BCUT2D eigenvalue weighted by atomic mass is 9.98. The lowest BCUT2D eigenvalue weighted by Gasteiger charge is -2.39. The van der Waals surface area contributed by atoms with E-state index in [-0.39, 0.29) is 38.1 Å². The Bertz CT molecular complexity index is 1040. The molecule has 0 radical (unpaired) electrons. The van der Waals surface area contributed by atoms with Gasteiger partial charge in [-0.15, -0.1) is 0 Å². The fourth-order valence-electron chi connectivity index (χ4n) is 4.33. The van der Waals surface area contributed by atoms with Gasteiger partial charge in [-0.25, -0.2) is 4.79 Å². The van der Waals surface area contributed by atoms with Crippen LogP contribution in [0.4, 0.5) is 4.79 Å². The number of rotatable bonds is 7. The van der Waals surface area contributed by atoms with Gasteiger partial charge in [-0.1, -0.05) is 48.5 Å². The Hall–Kier alpha value is -3.39. The lowest BCUT2D eigenvalue weighted by molar-refractivity contribution is -0.154. The molecule has 1 saturated heterocycles. The average molecular weight is 467 g/mol. The second-order valence-corrected chi connectivity index (χ2v) is 9.72. The first kappa shape index (κ1) is 23.8. The Morgan fingerprint density at radius 3 is 2.12 bits per heavy atom. The fraction of sp³-hybridized carbons (Fsp3) is 0.423. The topological polar surface area (TPSA) is 105 Å². The summed E-state index contributed by atoms with van der Waals surface area (Å²) in [6.45, 7) is 5.88. The zero-order valence-electron chi connectivity index (χ0n) is 19.6. The summed E-state index contributed by atoms with van der Waals surface area (Å²) in [7, 11) is 0. The van der Waals surface area contributed by atoms with Crippen LogP contribution in [0.25, 0.3) is 11.1 Å². The third-order valence-corrected chi connectivity index (χ3v) is 6.16. The molecule has 0 bridgehead atoms. The predicted molar refractivity (Wildman–Crippen MR) is 125 cm³/mol. The molecule has 0 saturated carbocycles. The summed E-state index contributed by atoms with van der Waals surface area (Å²) in [5, 5.41) is 11.7. The molecule has 2 aliphatic rings. The molecule has 0 aromatic heterocycles. The number of alkyl carbamates (subject to hydrolysis) is 1. The van der Waals surface area contributed by atoms with Gasteiger partial charge in [0.05, 0.1) is 18.1 Å². The van der Waals surface area contributed by atoms with Gasteiger partial charge in [0.25, 0.3) is 0 Å². The first-order chi connectivity index (χ1) is 16.1. The second-order valence-electron chi connectivity index (χ2n) is 9.72. The molecule has 4 rings (SSSR count). The van der Waals surface area contributed by atoms with E-state index in [1.54, 1.807) is 0 Å². The number of fused-ring (bicyclic) bond motifs is 3. The van der Waals surface area contributed by atoms with Crippen molar-refractivity contribution in [2.75, 3.05) is 26.3 Å². The minimum Gasteiger partial charge on any atom is -0.481 e. The van der Waals surface area contributed by atoms with Crippen molar-refractivity contribution in [3.05, 3.63) is 59.7 Å². The quantitative estimate of drug-likeness (QED) is 0.649. The SMILES string of the molecule is CC(C)(C)OC[C@H](NC(=O)OCC1c2ccccc2-c2ccccc21)C(=O)N1CC(C(=O)O)C1. The van der Waals surface area contributed by atoms with Gasteiger partial charge < -0.3 is 24.8 Å². The molecule has 2 aromatic rings. The first-order valence-corrected chi connectivity index (χ1v) is 11.4. The molecule has 2 N–H and O–H groups in total. The third-order valence-electron chi connectivity index (χ3n) is 6.16. The smallest absolute Gasteiger partial charge is 0.407 e. The molecule has 1 heterocycles. The van der Waals surface area contributed by atoms with E-state index in [9.17, 15) is 14.4 Å². The number of hydrogen-bond donors (Lipinski definition) is 2. The molecule has 1 aliphatic heterocycles. The van der Waals surface area contributed by atoms with Crippen molar-refractivity contribution in [3.8, 4) is 11.1 Å². The van der Waals surface area contributed by atoms with Gasteiger partial charge >= 0.3 is 12.1 Å². The van der Waals surface area contributed by atoms with E-state index in [1.165, 1.54) is 4.90 Å². The maximum atomic E-state index is 12.9. The number of amides is 2. The molecule has 2 aromatic carbocycles. The maximum Gasteiger partial charge on any atom is 0.407 e. The number of hydrogen-bond acceptors (Lipinski definition) is 5. The first-order valence-electron chi connectivity index (χ1n) is 11.4. The van der Waals surface area contributed by atoms with Crippen LogP contribution in [0, 0.1) is 5.92 Å². The van der Waals surface area contributed by atoms with E-state index in [0.717, 1.165) is 22.3 Å². The van der Waals surface area contributed by atoms with Gasteiger partial charge in [0.1, 0.15) is 12.6 Å². The highest BCUT2D eigenvalue weighted by Gasteiger charge is 2.39. The number of nitrogens with one attached hydrogen (secondary N) is 1. The number of carboxylic acid groups (broad SMARTS) is 1.